The first-order valence-corrected chi connectivity index (χ1v) is 9.11. The van der Waals surface area contributed by atoms with Crippen molar-refractivity contribution in [2.45, 2.75) is 51.1 Å². The molecule has 0 aromatic rings. The number of nitrogens with two attached hydrogens (primary N) is 1. The minimum absolute atomic E-state index is 0.0326. The van der Waals surface area contributed by atoms with Gasteiger partial charge in [-0.3, -0.25) is 4.79 Å². The van der Waals surface area contributed by atoms with E-state index < -0.39 is 10.0 Å². The standard InChI is InChI=1S/C13H25N3O3S/c1-2-20(18,19)15-12-5-7-16(8-6-12)13(17)10-3-4-11(14)9-10/h10-12,15H,2-9,14H2,1H3. The van der Waals surface area contributed by atoms with Crippen molar-refractivity contribution in [1.82, 2.24) is 9.62 Å². The predicted molar refractivity (Wildman–Crippen MR) is 77.5 cm³/mol. The van der Waals surface area contributed by atoms with E-state index in [1.54, 1.807) is 6.92 Å². The van der Waals surface area contributed by atoms with Gasteiger partial charge in [-0.05, 0) is 39.0 Å². The van der Waals surface area contributed by atoms with Gasteiger partial charge in [-0.2, -0.15) is 0 Å². The molecule has 1 heterocycles. The molecule has 20 heavy (non-hydrogen) atoms. The lowest BCUT2D eigenvalue weighted by Gasteiger charge is -2.33. The summed E-state index contributed by atoms with van der Waals surface area (Å²) >= 11 is 0. The Labute approximate surface area is 121 Å². The molecule has 2 unspecified atom stereocenters. The first-order chi connectivity index (χ1) is 9.41. The molecule has 2 rings (SSSR count). The number of carbonyl (C=O) groups is 1. The second-order valence-corrected chi connectivity index (χ2v) is 7.93. The molecule has 1 aliphatic carbocycles. The van der Waals surface area contributed by atoms with Crippen LogP contribution in [0.5, 0.6) is 0 Å². The fourth-order valence-corrected chi connectivity index (χ4v) is 3.96. The Morgan fingerprint density at radius 2 is 1.90 bits per heavy atom. The molecule has 0 aromatic carbocycles. The third-order valence-corrected chi connectivity index (χ3v) is 5.81. The zero-order chi connectivity index (χ0) is 14.8. The monoisotopic (exact) mass is 303 g/mol. The highest BCUT2D eigenvalue weighted by Gasteiger charge is 2.33. The highest BCUT2D eigenvalue weighted by molar-refractivity contribution is 7.89. The summed E-state index contributed by atoms with van der Waals surface area (Å²) in [6, 6.07) is 0.132. The van der Waals surface area contributed by atoms with Gasteiger partial charge in [0.2, 0.25) is 15.9 Å². The summed E-state index contributed by atoms with van der Waals surface area (Å²) in [6.07, 6.45) is 4.01. The molecule has 1 aliphatic heterocycles. The van der Waals surface area contributed by atoms with Crippen LogP contribution in [0.15, 0.2) is 0 Å². The number of rotatable bonds is 4. The lowest BCUT2D eigenvalue weighted by molar-refractivity contribution is -0.136. The van der Waals surface area contributed by atoms with Crippen molar-refractivity contribution >= 4 is 15.9 Å². The van der Waals surface area contributed by atoms with Crippen LogP contribution >= 0.6 is 0 Å². The van der Waals surface area contributed by atoms with Gasteiger partial charge in [0, 0.05) is 31.1 Å². The number of amides is 1. The predicted octanol–water partition coefficient (Wildman–Crippen LogP) is 0.0441. The van der Waals surface area contributed by atoms with Gasteiger partial charge in [-0.1, -0.05) is 0 Å². The normalized spacial score (nSPS) is 28.8. The van der Waals surface area contributed by atoms with Gasteiger partial charge in [-0.15, -0.1) is 0 Å². The van der Waals surface area contributed by atoms with E-state index >= 15 is 0 Å². The van der Waals surface area contributed by atoms with E-state index in [4.69, 9.17) is 5.73 Å². The highest BCUT2D eigenvalue weighted by atomic mass is 32.2. The van der Waals surface area contributed by atoms with Crippen LogP contribution in [-0.4, -0.2) is 50.2 Å². The number of hydrogen-bond acceptors (Lipinski definition) is 4. The van der Waals surface area contributed by atoms with E-state index in [-0.39, 0.29) is 29.7 Å². The number of likely N-dealkylation sites (tertiary alicyclic amines) is 1. The van der Waals surface area contributed by atoms with Gasteiger partial charge in [0.1, 0.15) is 0 Å². The zero-order valence-corrected chi connectivity index (χ0v) is 12.9. The number of sulfonamides is 1. The second-order valence-electron chi connectivity index (χ2n) is 5.89. The SMILES string of the molecule is CCS(=O)(=O)NC1CCN(C(=O)C2CCC(N)C2)CC1. The molecule has 0 bridgehead atoms. The Hall–Kier alpha value is -0.660. The van der Waals surface area contributed by atoms with E-state index in [0.717, 1.165) is 19.3 Å². The van der Waals surface area contributed by atoms with Crippen LogP contribution in [0.3, 0.4) is 0 Å². The number of hydrogen-bond donors (Lipinski definition) is 2. The molecule has 0 aromatic heterocycles. The highest BCUT2D eigenvalue weighted by Crippen LogP contribution is 2.27. The Bertz CT molecular complexity index is 444. The number of nitrogens with one attached hydrogen (secondary N) is 1. The van der Waals surface area contributed by atoms with Crippen molar-refractivity contribution in [3.63, 3.8) is 0 Å². The van der Waals surface area contributed by atoms with Crippen molar-refractivity contribution in [3.05, 3.63) is 0 Å². The fourth-order valence-electron chi connectivity index (χ4n) is 3.05. The van der Waals surface area contributed by atoms with Crippen molar-refractivity contribution in [1.29, 1.82) is 0 Å². The summed E-state index contributed by atoms with van der Waals surface area (Å²) in [4.78, 5) is 14.2. The Balaban J connectivity index is 1.81. The van der Waals surface area contributed by atoms with Crippen LogP contribution in [0.25, 0.3) is 0 Å². The molecule has 0 radical (unpaired) electrons. The number of carbonyl (C=O) groups excluding carboxylic acids is 1. The molecular weight excluding hydrogens is 278 g/mol. The number of nitrogens with zero attached hydrogens (tertiary/aromatic N) is 1. The van der Waals surface area contributed by atoms with E-state index in [9.17, 15) is 13.2 Å². The van der Waals surface area contributed by atoms with Gasteiger partial charge in [0.15, 0.2) is 0 Å². The molecule has 2 aliphatic rings. The minimum atomic E-state index is -3.15. The van der Waals surface area contributed by atoms with Gasteiger partial charge < -0.3 is 10.6 Å². The molecule has 1 saturated heterocycles. The van der Waals surface area contributed by atoms with E-state index in [1.807, 2.05) is 4.90 Å². The lowest BCUT2D eigenvalue weighted by atomic mass is 10.0. The van der Waals surface area contributed by atoms with E-state index in [1.165, 1.54) is 0 Å². The number of piperidine rings is 1. The van der Waals surface area contributed by atoms with Crippen molar-refractivity contribution in [3.8, 4) is 0 Å². The molecule has 1 saturated carbocycles. The van der Waals surface area contributed by atoms with Crippen molar-refractivity contribution in [2.24, 2.45) is 11.7 Å². The van der Waals surface area contributed by atoms with E-state index in [0.29, 0.717) is 25.9 Å². The van der Waals surface area contributed by atoms with Gasteiger partial charge in [0.25, 0.3) is 0 Å². The Morgan fingerprint density at radius 3 is 2.40 bits per heavy atom. The molecule has 2 atom stereocenters. The summed E-state index contributed by atoms with van der Waals surface area (Å²) in [7, 11) is -3.15. The molecule has 116 valence electrons. The van der Waals surface area contributed by atoms with Crippen LogP contribution in [0.1, 0.15) is 39.0 Å². The summed E-state index contributed by atoms with van der Waals surface area (Å²) in [5.74, 6) is 0.384. The minimum Gasteiger partial charge on any atom is -0.342 e. The van der Waals surface area contributed by atoms with Gasteiger partial charge >= 0.3 is 0 Å². The maximum absolute atomic E-state index is 12.3. The first-order valence-electron chi connectivity index (χ1n) is 7.45. The third-order valence-electron chi connectivity index (χ3n) is 4.36. The van der Waals surface area contributed by atoms with Gasteiger partial charge in [-0.25, -0.2) is 13.1 Å². The average Bonchev–Trinajstić information content (AvgIpc) is 2.85. The summed E-state index contributed by atoms with van der Waals surface area (Å²) in [5.41, 5.74) is 5.85. The molecule has 0 spiro atoms. The molecule has 6 nitrogen and oxygen atoms in total. The van der Waals surface area contributed by atoms with E-state index in [2.05, 4.69) is 4.72 Å². The zero-order valence-electron chi connectivity index (χ0n) is 12.0. The molecule has 1 amide bonds. The fraction of sp³-hybridized carbons (Fsp3) is 0.923. The third kappa shape index (κ3) is 3.93. The van der Waals surface area contributed by atoms with Crippen LogP contribution in [-0.2, 0) is 14.8 Å². The lowest BCUT2D eigenvalue weighted by Crippen LogP contribution is -2.48. The maximum Gasteiger partial charge on any atom is 0.225 e. The maximum atomic E-state index is 12.3. The van der Waals surface area contributed by atoms with Crippen LogP contribution in [0, 0.1) is 5.92 Å². The molecule has 2 fully saturated rings. The second kappa shape index (κ2) is 6.41. The quantitative estimate of drug-likeness (QED) is 0.767. The van der Waals surface area contributed by atoms with Crippen LogP contribution in [0.4, 0.5) is 0 Å². The Morgan fingerprint density at radius 1 is 1.25 bits per heavy atom. The van der Waals surface area contributed by atoms with Gasteiger partial charge in [0.05, 0.1) is 5.75 Å². The van der Waals surface area contributed by atoms with Crippen LogP contribution < -0.4 is 10.5 Å². The summed E-state index contributed by atoms with van der Waals surface area (Å²) in [6.45, 7) is 2.91. The largest absolute Gasteiger partial charge is 0.342 e. The topological polar surface area (TPSA) is 92.5 Å². The molecule has 3 N–H and O–H groups in total. The molecule has 7 heteroatoms. The Kier molecular flexibility index (Phi) is 5.04. The van der Waals surface area contributed by atoms with Crippen LogP contribution in [0.2, 0.25) is 0 Å². The van der Waals surface area contributed by atoms with Crippen molar-refractivity contribution in [2.75, 3.05) is 18.8 Å². The smallest absolute Gasteiger partial charge is 0.225 e. The molecular formula is C13H25N3O3S. The first kappa shape index (κ1) is 15.7. The summed E-state index contributed by atoms with van der Waals surface area (Å²) in [5, 5.41) is 0. The summed E-state index contributed by atoms with van der Waals surface area (Å²) < 4.78 is 25.7. The average molecular weight is 303 g/mol. The van der Waals surface area contributed by atoms with Crippen molar-refractivity contribution < 1.29 is 13.2 Å².